The highest BCUT2D eigenvalue weighted by Gasteiger charge is 2.25. The molecule has 4 heteroatoms. The summed E-state index contributed by atoms with van der Waals surface area (Å²) in [5.41, 5.74) is 2.05. The Morgan fingerprint density at radius 1 is 1.27 bits per heavy atom. The number of carbonyl (C=O) groups excluding carboxylic acids is 1. The zero-order valence-electron chi connectivity index (χ0n) is 8.73. The fraction of sp³-hybridized carbons (Fsp3) is 0.364. The molecule has 0 radical (unpaired) electrons. The van der Waals surface area contributed by atoms with Crippen molar-refractivity contribution in [3.8, 4) is 0 Å². The SMILES string of the molecule is CC(=O)Cc1ccc(B2OCCO2)cc1. The van der Waals surface area contributed by atoms with E-state index < -0.39 is 0 Å². The third-order valence-electron chi connectivity index (χ3n) is 2.33. The predicted molar refractivity (Wildman–Crippen MR) is 58.1 cm³/mol. The third kappa shape index (κ3) is 2.67. The van der Waals surface area contributed by atoms with E-state index in [-0.39, 0.29) is 12.9 Å². The molecular formula is C11H13BO3. The molecule has 1 aliphatic heterocycles. The molecular weight excluding hydrogens is 191 g/mol. The van der Waals surface area contributed by atoms with Gasteiger partial charge in [0.05, 0.1) is 13.2 Å². The molecule has 0 amide bonds. The van der Waals surface area contributed by atoms with Crippen molar-refractivity contribution in [2.75, 3.05) is 13.2 Å². The molecule has 0 atom stereocenters. The van der Waals surface area contributed by atoms with Gasteiger partial charge in [-0.25, -0.2) is 0 Å². The summed E-state index contributed by atoms with van der Waals surface area (Å²) < 4.78 is 10.7. The Morgan fingerprint density at radius 3 is 2.40 bits per heavy atom. The lowest BCUT2D eigenvalue weighted by Gasteiger charge is -2.04. The van der Waals surface area contributed by atoms with Crippen LogP contribution in [0.4, 0.5) is 0 Å². The van der Waals surface area contributed by atoms with Crippen LogP contribution in [0.15, 0.2) is 24.3 Å². The van der Waals surface area contributed by atoms with Crippen LogP contribution in [0.2, 0.25) is 0 Å². The van der Waals surface area contributed by atoms with Crippen molar-refractivity contribution < 1.29 is 14.1 Å². The Balaban J connectivity index is 2.06. The Morgan fingerprint density at radius 2 is 1.87 bits per heavy atom. The van der Waals surface area contributed by atoms with E-state index in [0.717, 1.165) is 11.0 Å². The largest absolute Gasteiger partial charge is 0.494 e. The first kappa shape index (κ1) is 10.4. The number of carbonyl (C=O) groups is 1. The van der Waals surface area contributed by atoms with Crippen LogP contribution in [0.5, 0.6) is 0 Å². The molecule has 1 aliphatic rings. The van der Waals surface area contributed by atoms with Crippen molar-refractivity contribution in [1.82, 2.24) is 0 Å². The van der Waals surface area contributed by atoms with Gasteiger partial charge in [-0.3, -0.25) is 4.79 Å². The molecule has 0 spiro atoms. The quantitative estimate of drug-likeness (QED) is 0.675. The lowest BCUT2D eigenvalue weighted by Crippen LogP contribution is -2.31. The highest BCUT2D eigenvalue weighted by atomic mass is 16.6. The Labute approximate surface area is 89.5 Å². The number of hydrogen-bond donors (Lipinski definition) is 0. The van der Waals surface area contributed by atoms with E-state index in [0.29, 0.717) is 19.6 Å². The number of Topliss-reactive ketones (excluding diaryl/α,β-unsaturated/α-hetero) is 1. The van der Waals surface area contributed by atoms with E-state index >= 15 is 0 Å². The zero-order valence-corrected chi connectivity index (χ0v) is 8.73. The summed E-state index contributed by atoms with van der Waals surface area (Å²) in [6.45, 7) is 2.90. The summed E-state index contributed by atoms with van der Waals surface area (Å²) in [6, 6.07) is 7.80. The topological polar surface area (TPSA) is 35.5 Å². The average molecular weight is 204 g/mol. The lowest BCUT2D eigenvalue weighted by atomic mass is 9.79. The zero-order chi connectivity index (χ0) is 10.7. The molecule has 1 aromatic rings. The first-order chi connectivity index (χ1) is 7.25. The maximum Gasteiger partial charge on any atom is 0.494 e. The molecule has 1 aromatic carbocycles. The normalized spacial score (nSPS) is 15.7. The van der Waals surface area contributed by atoms with Gasteiger partial charge in [0, 0.05) is 6.42 Å². The van der Waals surface area contributed by atoms with Crippen molar-refractivity contribution in [2.24, 2.45) is 0 Å². The second-order valence-corrected chi connectivity index (χ2v) is 3.69. The molecule has 0 aliphatic carbocycles. The number of benzene rings is 1. The van der Waals surface area contributed by atoms with Gasteiger partial charge >= 0.3 is 7.12 Å². The van der Waals surface area contributed by atoms with Crippen LogP contribution in [0.3, 0.4) is 0 Å². The van der Waals surface area contributed by atoms with Crippen LogP contribution in [0.25, 0.3) is 0 Å². The van der Waals surface area contributed by atoms with E-state index in [2.05, 4.69) is 0 Å². The third-order valence-corrected chi connectivity index (χ3v) is 2.33. The van der Waals surface area contributed by atoms with Crippen LogP contribution in [0, 0.1) is 0 Å². The van der Waals surface area contributed by atoms with E-state index in [1.54, 1.807) is 6.92 Å². The standard InChI is InChI=1S/C11H13BO3/c1-9(13)8-10-2-4-11(5-3-10)12-14-6-7-15-12/h2-5H,6-8H2,1H3. The summed E-state index contributed by atoms with van der Waals surface area (Å²) in [5, 5.41) is 0. The van der Waals surface area contributed by atoms with E-state index in [9.17, 15) is 4.79 Å². The summed E-state index contributed by atoms with van der Waals surface area (Å²) in [5.74, 6) is 0.177. The number of rotatable bonds is 3. The Kier molecular flexibility index (Phi) is 3.19. The lowest BCUT2D eigenvalue weighted by molar-refractivity contribution is -0.116. The van der Waals surface area contributed by atoms with Crippen LogP contribution < -0.4 is 5.46 Å². The first-order valence-electron chi connectivity index (χ1n) is 5.07. The smallest absolute Gasteiger partial charge is 0.405 e. The van der Waals surface area contributed by atoms with Gasteiger partial charge in [0.1, 0.15) is 5.78 Å². The van der Waals surface area contributed by atoms with Crippen molar-refractivity contribution in [3.63, 3.8) is 0 Å². The molecule has 1 saturated heterocycles. The van der Waals surface area contributed by atoms with E-state index in [4.69, 9.17) is 9.31 Å². The maximum absolute atomic E-state index is 10.9. The minimum atomic E-state index is -0.226. The van der Waals surface area contributed by atoms with Gasteiger partial charge in [-0.2, -0.15) is 0 Å². The van der Waals surface area contributed by atoms with Gasteiger partial charge in [-0.05, 0) is 17.9 Å². The number of hydrogen-bond acceptors (Lipinski definition) is 3. The molecule has 0 aromatic heterocycles. The number of ketones is 1. The second-order valence-electron chi connectivity index (χ2n) is 3.69. The summed E-state index contributed by atoms with van der Waals surface area (Å²) >= 11 is 0. The van der Waals surface area contributed by atoms with Gasteiger partial charge in [0.2, 0.25) is 0 Å². The molecule has 0 unspecified atom stereocenters. The monoisotopic (exact) mass is 204 g/mol. The second kappa shape index (κ2) is 4.60. The predicted octanol–water partition coefficient (Wildman–Crippen LogP) is 0.560. The first-order valence-corrected chi connectivity index (χ1v) is 5.07. The van der Waals surface area contributed by atoms with Crippen LogP contribution in [-0.2, 0) is 20.5 Å². The Bertz CT molecular complexity index is 341. The minimum absolute atomic E-state index is 0.177. The molecule has 2 rings (SSSR count). The highest BCUT2D eigenvalue weighted by Crippen LogP contribution is 2.03. The van der Waals surface area contributed by atoms with Gasteiger partial charge in [0.15, 0.2) is 0 Å². The summed E-state index contributed by atoms with van der Waals surface area (Å²) in [4.78, 5) is 10.9. The maximum atomic E-state index is 10.9. The summed E-state index contributed by atoms with van der Waals surface area (Å²) in [6.07, 6.45) is 0.493. The highest BCUT2D eigenvalue weighted by molar-refractivity contribution is 6.61. The molecule has 15 heavy (non-hydrogen) atoms. The minimum Gasteiger partial charge on any atom is -0.405 e. The van der Waals surface area contributed by atoms with Crippen LogP contribution >= 0.6 is 0 Å². The average Bonchev–Trinajstić information content (AvgIpc) is 2.71. The summed E-state index contributed by atoms with van der Waals surface area (Å²) in [7, 11) is -0.226. The molecule has 0 bridgehead atoms. The van der Waals surface area contributed by atoms with Crippen LogP contribution in [-0.4, -0.2) is 26.1 Å². The molecule has 1 heterocycles. The van der Waals surface area contributed by atoms with Crippen molar-refractivity contribution in [3.05, 3.63) is 29.8 Å². The fourth-order valence-corrected chi connectivity index (χ4v) is 1.63. The van der Waals surface area contributed by atoms with Gasteiger partial charge in [0.25, 0.3) is 0 Å². The van der Waals surface area contributed by atoms with Crippen molar-refractivity contribution in [1.29, 1.82) is 0 Å². The van der Waals surface area contributed by atoms with Crippen LogP contribution in [0.1, 0.15) is 12.5 Å². The van der Waals surface area contributed by atoms with Crippen molar-refractivity contribution >= 4 is 18.4 Å². The molecule has 3 nitrogen and oxygen atoms in total. The molecule has 0 N–H and O–H groups in total. The molecule has 0 saturated carbocycles. The fourth-order valence-electron chi connectivity index (χ4n) is 1.63. The molecule has 1 fully saturated rings. The van der Waals surface area contributed by atoms with Gasteiger partial charge in [-0.15, -0.1) is 0 Å². The van der Waals surface area contributed by atoms with Gasteiger partial charge < -0.3 is 9.31 Å². The van der Waals surface area contributed by atoms with E-state index in [1.165, 1.54) is 0 Å². The van der Waals surface area contributed by atoms with Crippen molar-refractivity contribution in [2.45, 2.75) is 13.3 Å². The van der Waals surface area contributed by atoms with Gasteiger partial charge in [-0.1, -0.05) is 24.3 Å². The molecule has 78 valence electrons. The van der Waals surface area contributed by atoms with E-state index in [1.807, 2.05) is 24.3 Å². The Hall–Kier alpha value is -1.13.